The summed E-state index contributed by atoms with van der Waals surface area (Å²) in [6, 6.07) is 5.20. The second kappa shape index (κ2) is 3.70. The van der Waals surface area contributed by atoms with Crippen molar-refractivity contribution >= 4 is 32.5 Å². The summed E-state index contributed by atoms with van der Waals surface area (Å²) in [4.78, 5) is 14.1. The Kier molecular flexibility index (Phi) is 2.52. The van der Waals surface area contributed by atoms with Crippen molar-refractivity contribution in [2.45, 2.75) is 13.3 Å². The molecule has 1 aromatic carbocycles. The highest BCUT2D eigenvalue weighted by Crippen LogP contribution is 2.30. The van der Waals surface area contributed by atoms with Gasteiger partial charge in [-0.05, 0) is 40.0 Å². The summed E-state index contributed by atoms with van der Waals surface area (Å²) in [6.45, 7) is 2.04. The molecular weight excluding hydrogens is 256 g/mol. The summed E-state index contributed by atoms with van der Waals surface area (Å²) in [5, 5.41) is 0.890. The van der Waals surface area contributed by atoms with E-state index in [4.69, 9.17) is 5.73 Å². The molecule has 15 heavy (non-hydrogen) atoms. The van der Waals surface area contributed by atoms with E-state index in [-0.39, 0.29) is 5.56 Å². The topological polar surface area (TPSA) is 58.9 Å². The van der Waals surface area contributed by atoms with Gasteiger partial charge in [-0.2, -0.15) is 0 Å². The number of aromatic amines is 1. The number of pyridine rings is 1. The molecule has 3 N–H and O–H groups in total. The van der Waals surface area contributed by atoms with Gasteiger partial charge in [0.2, 0.25) is 5.56 Å². The number of nitrogens with one attached hydrogen (secondary N) is 1. The molecule has 2 rings (SSSR count). The number of aryl methyl sites for hydroxylation is 1. The van der Waals surface area contributed by atoms with Gasteiger partial charge in [-0.1, -0.05) is 6.92 Å². The first-order valence-corrected chi connectivity index (χ1v) is 5.52. The number of H-pyrrole nitrogens is 1. The van der Waals surface area contributed by atoms with Crippen LogP contribution in [0.5, 0.6) is 0 Å². The number of benzene rings is 1. The Bertz CT molecular complexity index is 575. The molecule has 0 fully saturated rings. The molecule has 3 nitrogen and oxygen atoms in total. The first kappa shape index (κ1) is 10.2. The Hall–Kier alpha value is -1.29. The quantitative estimate of drug-likeness (QED) is 0.779. The Balaban J connectivity index is 2.96. The van der Waals surface area contributed by atoms with Crippen LogP contribution in [0.25, 0.3) is 10.9 Å². The monoisotopic (exact) mass is 266 g/mol. The molecule has 0 aliphatic heterocycles. The maximum atomic E-state index is 11.2. The molecule has 78 valence electrons. The zero-order valence-electron chi connectivity index (χ0n) is 8.30. The van der Waals surface area contributed by atoms with Crippen LogP contribution in [0, 0.1) is 0 Å². The Morgan fingerprint density at radius 1 is 1.47 bits per heavy atom. The second-order valence-electron chi connectivity index (χ2n) is 3.40. The van der Waals surface area contributed by atoms with Crippen LogP contribution in [0.1, 0.15) is 12.5 Å². The Morgan fingerprint density at radius 2 is 2.20 bits per heavy atom. The summed E-state index contributed by atoms with van der Waals surface area (Å²) in [5.41, 5.74) is 8.42. The van der Waals surface area contributed by atoms with E-state index in [9.17, 15) is 4.79 Å². The fourth-order valence-corrected chi connectivity index (χ4v) is 2.15. The summed E-state index contributed by atoms with van der Waals surface area (Å²) in [7, 11) is 0. The van der Waals surface area contributed by atoms with E-state index in [2.05, 4.69) is 20.9 Å². The zero-order chi connectivity index (χ0) is 11.0. The van der Waals surface area contributed by atoms with E-state index in [1.807, 2.05) is 13.0 Å². The molecule has 0 amide bonds. The lowest BCUT2D eigenvalue weighted by molar-refractivity contribution is 1.13. The molecule has 0 aliphatic rings. The molecule has 1 heterocycles. The van der Waals surface area contributed by atoms with Gasteiger partial charge < -0.3 is 10.7 Å². The van der Waals surface area contributed by atoms with Gasteiger partial charge in [0.15, 0.2) is 0 Å². The van der Waals surface area contributed by atoms with Crippen molar-refractivity contribution in [1.29, 1.82) is 0 Å². The molecule has 0 atom stereocenters. The normalized spacial score (nSPS) is 10.8. The maximum Gasteiger partial charge on any atom is 0.248 e. The molecule has 4 heteroatoms. The fourth-order valence-electron chi connectivity index (χ4n) is 1.66. The van der Waals surface area contributed by atoms with Gasteiger partial charge in [-0.3, -0.25) is 4.79 Å². The van der Waals surface area contributed by atoms with Crippen LogP contribution in [-0.4, -0.2) is 4.98 Å². The van der Waals surface area contributed by atoms with Crippen molar-refractivity contribution in [3.63, 3.8) is 0 Å². The molecule has 0 saturated heterocycles. The molecule has 0 bridgehead atoms. The third-order valence-electron chi connectivity index (χ3n) is 2.47. The van der Waals surface area contributed by atoms with Gasteiger partial charge in [0, 0.05) is 15.9 Å². The minimum absolute atomic E-state index is 0.0982. The van der Waals surface area contributed by atoms with E-state index in [0.29, 0.717) is 5.69 Å². The molecule has 0 spiro atoms. The van der Waals surface area contributed by atoms with E-state index >= 15 is 0 Å². The van der Waals surface area contributed by atoms with Crippen molar-refractivity contribution < 1.29 is 0 Å². The number of fused-ring (bicyclic) bond motifs is 1. The zero-order valence-corrected chi connectivity index (χ0v) is 9.89. The van der Waals surface area contributed by atoms with E-state index in [1.165, 1.54) is 6.07 Å². The van der Waals surface area contributed by atoms with Gasteiger partial charge in [0.1, 0.15) is 0 Å². The lowest BCUT2D eigenvalue weighted by Gasteiger charge is -2.08. The minimum atomic E-state index is -0.0982. The highest BCUT2D eigenvalue weighted by Gasteiger charge is 2.07. The number of rotatable bonds is 1. The van der Waals surface area contributed by atoms with Crippen LogP contribution in [0.2, 0.25) is 0 Å². The van der Waals surface area contributed by atoms with Crippen molar-refractivity contribution in [2.24, 2.45) is 0 Å². The van der Waals surface area contributed by atoms with Crippen molar-refractivity contribution in [3.05, 3.63) is 38.6 Å². The number of hydrogen-bond donors (Lipinski definition) is 2. The van der Waals surface area contributed by atoms with Gasteiger partial charge in [-0.25, -0.2) is 0 Å². The van der Waals surface area contributed by atoms with Crippen molar-refractivity contribution in [3.8, 4) is 0 Å². The first-order chi connectivity index (χ1) is 7.13. The van der Waals surface area contributed by atoms with E-state index < -0.39 is 0 Å². The molecule has 0 aliphatic carbocycles. The standard InChI is InChI=1S/C11H11BrN2O/c1-2-6-5-8(12)10(13)7-3-4-9(15)14-11(6)7/h3-5H,2,13H2,1H3,(H,14,15). The molecule has 2 aromatic rings. The smallest absolute Gasteiger partial charge is 0.248 e. The average Bonchev–Trinajstić information content (AvgIpc) is 2.23. The number of nitrogen functional groups attached to an aromatic ring is 1. The number of hydrogen-bond acceptors (Lipinski definition) is 2. The summed E-state index contributed by atoms with van der Waals surface area (Å²) >= 11 is 3.41. The third-order valence-corrected chi connectivity index (χ3v) is 3.13. The SMILES string of the molecule is CCc1cc(Br)c(N)c2ccc(=O)[nH]c12. The highest BCUT2D eigenvalue weighted by atomic mass is 79.9. The average molecular weight is 267 g/mol. The molecule has 0 radical (unpaired) electrons. The predicted molar refractivity (Wildman–Crippen MR) is 66.1 cm³/mol. The van der Waals surface area contributed by atoms with Crippen LogP contribution < -0.4 is 11.3 Å². The molecular formula is C11H11BrN2O. The number of anilines is 1. The van der Waals surface area contributed by atoms with Crippen LogP contribution in [-0.2, 0) is 6.42 Å². The van der Waals surface area contributed by atoms with Gasteiger partial charge in [-0.15, -0.1) is 0 Å². The fraction of sp³-hybridized carbons (Fsp3) is 0.182. The highest BCUT2D eigenvalue weighted by molar-refractivity contribution is 9.10. The molecule has 0 unspecified atom stereocenters. The lowest BCUT2D eigenvalue weighted by Crippen LogP contribution is -2.05. The molecule has 1 aromatic heterocycles. The Labute approximate surface area is 95.4 Å². The van der Waals surface area contributed by atoms with Gasteiger partial charge in [0.25, 0.3) is 0 Å². The van der Waals surface area contributed by atoms with Crippen molar-refractivity contribution in [1.82, 2.24) is 4.98 Å². The van der Waals surface area contributed by atoms with Crippen LogP contribution in [0.4, 0.5) is 5.69 Å². The summed E-state index contributed by atoms with van der Waals surface area (Å²) in [5.74, 6) is 0. The van der Waals surface area contributed by atoms with Crippen LogP contribution >= 0.6 is 15.9 Å². The van der Waals surface area contributed by atoms with Crippen LogP contribution in [0.15, 0.2) is 27.5 Å². The van der Waals surface area contributed by atoms with Gasteiger partial charge >= 0.3 is 0 Å². The van der Waals surface area contributed by atoms with E-state index in [0.717, 1.165) is 27.4 Å². The third kappa shape index (κ3) is 1.65. The van der Waals surface area contributed by atoms with Crippen LogP contribution in [0.3, 0.4) is 0 Å². The largest absolute Gasteiger partial charge is 0.397 e. The van der Waals surface area contributed by atoms with Gasteiger partial charge in [0.05, 0.1) is 11.2 Å². The summed E-state index contributed by atoms with van der Waals surface area (Å²) in [6.07, 6.45) is 0.856. The number of halogens is 1. The lowest BCUT2D eigenvalue weighted by atomic mass is 10.1. The minimum Gasteiger partial charge on any atom is -0.397 e. The van der Waals surface area contributed by atoms with Crippen molar-refractivity contribution in [2.75, 3.05) is 5.73 Å². The predicted octanol–water partition coefficient (Wildman–Crippen LogP) is 2.44. The summed E-state index contributed by atoms with van der Waals surface area (Å²) < 4.78 is 0.874. The maximum absolute atomic E-state index is 11.2. The Morgan fingerprint density at radius 3 is 2.87 bits per heavy atom. The van der Waals surface area contributed by atoms with E-state index in [1.54, 1.807) is 6.07 Å². The molecule has 0 saturated carbocycles. The first-order valence-electron chi connectivity index (χ1n) is 4.73. The second-order valence-corrected chi connectivity index (χ2v) is 4.25. The number of aromatic nitrogens is 1. The number of nitrogens with two attached hydrogens (primary N) is 1.